The van der Waals surface area contributed by atoms with Crippen molar-refractivity contribution in [3.05, 3.63) is 42.6 Å². The first-order valence-corrected chi connectivity index (χ1v) is 8.60. The molecule has 0 spiro atoms. The number of carbonyl (C=O) groups excluding carboxylic acids is 1. The lowest BCUT2D eigenvalue weighted by Crippen LogP contribution is -2.28. The maximum absolute atomic E-state index is 12.1. The molecule has 3 aromatic heterocycles. The maximum atomic E-state index is 12.1. The van der Waals surface area contributed by atoms with Gasteiger partial charge in [-0.1, -0.05) is 11.8 Å². The number of amides is 1. The largest absolute Gasteiger partial charge is 0.467 e. The summed E-state index contributed by atoms with van der Waals surface area (Å²) in [7, 11) is 0. The van der Waals surface area contributed by atoms with E-state index < -0.39 is 0 Å². The molecule has 0 aromatic carbocycles. The van der Waals surface area contributed by atoms with Crippen LogP contribution in [0.15, 0.2) is 50.8 Å². The Labute approximate surface area is 143 Å². The lowest BCUT2D eigenvalue weighted by Gasteiger charge is -2.11. The van der Waals surface area contributed by atoms with Crippen LogP contribution in [0.1, 0.15) is 25.6 Å². The first-order chi connectivity index (χ1) is 11.7. The van der Waals surface area contributed by atoms with Gasteiger partial charge < -0.3 is 14.2 Å². The van der Waals surface area contributed by atoms with Crippen molar-refractivity contribution < 1.29 is 13.6 Å². The van der Waals surface area contributed by atoms with Crippen LogP contribution in [0, 0.1) is 0 Å². The number of nitrogens with one attached hydrogen (secondary N) is 1. The number of hydrogen-bond donors (Lipinski definition) is 1. The summed E-state index contributed by atoms with van der Waals surface area (Å²) in [5.41, 5.74) is 0. The fourth-order valence-electron chi connectivity index (χ4n) is 2.29. The Hall–Kier alpha value is -2.48. The molecular formula is C16H18N4O3S. The third-order valence-corrected chi connectivity index (χ3v) is 4.42. The molecule has 0 bridgehead atoms. The molecule has 3 aromatic rings. The molecule has 126 valence electrons. The smallest absolute Gasteiger partial charge is 0.231 e. The van der Waals surface area contributed by atoms with E-state index in [0.29, 0.717) is 23.3 Å². The van der Waals surface area contributed by atoms with E-state index in [1.165, 1.54) is 11.8 Å². The second-order valence-electron chi connectivity index (χ2n) is 5.12. The topological polar surface area (TPSA) is 86.1 Å². The summed E-state index contributed by atoms with van der Waals surface area (Å²) in [4.78, 5) is 12.1. The van der Waals surface area contributed by atoms with Gasteiger partial charge in [-0.15, -0.1) is 10.2 Å². The Morgan fingerprint density at radius 2 is 2.08 bits per heavy atom. The standard InChI is InChI=1S/C16H18N4O3S/c1-3-20-15(13-7-5-9-23-13)18-19-16(20)24-10-14(21)17-11(2)12-6-4-8-22-12/h4-9,11H,3,10H2,1-2H3,(H,17,21)/t11-/m1/s1. The molecule has 0 aliphatic heterocycles. The van der Waals surface area contributed by atoms with Gasteiger partial charge in [0.05, 0.1) is 24.3 Å². The third-order valence-electron chi connectivity index (χ3n) is 3.45. The van der Waals surface area contributed by atoms with Crippen LogP contribution in [0.2, 0.25) is 0 Å². The van der Waals surface area contributed by atoms with Gasteiger partial charge in [-0.05, 0) is 38.1 Å². The first kappa shape index (κ1) is 16.4. The van der Waals surface area contributed by atoms with Crippen LogP contribution < -0.4 is 5.32 Å². The Morgan fingerprint density at radius 3 is 2.75 bits per heavy atom. The predicted octanol–water partition coefficient (Wildman–Crippen LogP) is 3.12. The minimum absolute atomic E-state index is 0.0888. The molecule has 7 nitrogen and oxygen atoms in total. The molecule has 0 unspecified atom stereocenters. The molecule has 8 heteroatoms. The van der Waals surface area contributed by atoms with Crippen LogP contribution in [0.3, 0.4) is 0 Å². The summed E-state index contributed by atoms with van der Waals surface area (Å²) in [6.45, 7) is 4.57. The minimum Gasteiger partial charge on any atom is -0.467 e. The van der Waals surface area contributed by atoms with Crippen molar-refractivity contribution in [3.63, 3.8) is 0 Å². The van der Waals surface area contributed by atoms with Crippen LogP contribution in [0.5, 0.6) is 0 Å². The van der Waals surface area contributed by atoms with Crippen molar-refractivity contribution in [3.8, 4) is 11.6 Å². The van der Waals surface area contributed by atoms with Gasteiger partial charge in [-0.3, -0.25) is 9.36 Å². The highest BCUT2D eigenvalue weighted by molar-refractivity contribution is 7.99. The molecule has 1 N–H and O–H groups in total. The summed E-state index contributed by atoms with van der Waals surface area (Å²) >= 11 is 1.34. The van der Waals surface area contributed by atoms with E-state index in [4.69, 9.17) is 8.83 Å². The second-order valence-corrected chi connectivity index (χ2v) is 6.06. The number of hydrogen-bond acceptors (Lipinski definition) is 6. The van der Waals surface area contributed by atoms with Crippen molar-refractivity contribution in [1.29, 1.82) is 0 Å². The van der Waals surface area contributed by atoms with Gasteiger partial charge in [0.1, 0.15) is 5.76 Å². The lowest BCUT2D eigenvalue weighted by molar-refractivity contribution is -0.119. The number of carbonyl (C=O) groups is 1. The molecule has 1 amide bonds. The van der Waals surface area contributed by atoms with Crippen molar-refractivity contribution in [1.82, 2.24) is 20.1 Å². The zero-order valence-corrected chi connectivity index (χ0v) is 14.2. The number of rotatable bonds is 7. The zero-order valence-electron chi connectivity index (χ0n) is 13.4. The van der Waals surface area contributed by atoms with Gasteiger partial charge in [-0.25, -0.2) is 0 Å². The number of thioether (sulfide) groups is 1. The minimum atomic E-state index is -0.171. The number of nitrogens with zero attached hydrogens (tertiary/aromatic N) is 3. The van der Waals surface area contributed by atoms with Crippen molar-refractivity contribution >= 4 is 17.7 Å². The van der Waals surface area contributed by atoms with E-state index in [1.807, 2.05) is 30.5 Å². The molecule has 3 rings (SSSR count). The Morgan fingerprint density at radius 1 is 1.29 bits per heavy atom. The Balaban J connectivity index is 1.61. The number of furan rings is 2. The maximum Gasteiger partial charge on any atom is 0.231 e. The molecule has 0 aliphatic carbocycles. The van der Waals surface area contributed by atoms with E-state index >= 15 is 0 Å². The van der Waals surface area contributed by atoms with Crippen LogP contribution in [-0.4, -0.2) is 26.4 Å². The van der Waals surface area contributed by atoms with Crippen molar-refractivity contribution in [2.75, 3.05) is 5.75 Å². The van der Waals surface area contributed by atoms with E-state index in [0.717, 1.165) is 5.76 Å². The van der Waals surface area contributed by atoms with Gasteiger partial charge in [0.25, 0.3) is 0 Å². The fraction of sp³-hybridized carbons (Fsp3) is 0.312. The summed E-state index contributed by atoms with van der Waals surface area (Å²) in [6, 6.07) is 7.10. The molecule has 0 fully saturated rings. The van der Waals surface area contributed by atoms with E-state index in [-0.39, 0.29) is 17.7 Å². The molecule has 24 heavy (non-hydrogen) atoms. The highest BCUT2D eigenvalue weighted by Gasteiger charge is 2.17. The molecule has 3 heterocycles. The van der Waals surface area contributed by atoms with E-state index in [2.05, 4.69) is 15.5 Å². The summed E-state index contributed by atoms with van der Waals surface area (Å²) in [6.07, 6.45) is 3.19. The van der Waals surface area contributed by atoms with Crippen LogP contribution >= 0.6 is 11.8 Å². The molecule has 0 aliphatic rings. The van der Waals surface area contributed by atoms with Gasteiger partial charge in [-0.2, -0.15) is 0 Å². The van der Waals surface area contributed by atoms with Crippen LogP contribution in [0.25, 0.3) is 11.6 Å². The van der Waals surface area contributed by atoms with Gasteiger partial charge in [0.2, 0.25) is 5.91 Å². The second kappa shape index (κ2) is 7.39. The normalized spacial score (nSPS) is 12.2. The van der Waals surface area contributed by atoms with Gasteiger partial charge in [0, 0.05) is 6.54 Å². The van der Waals surface area contributed by atoms with Crippen molar-refractivity contribution in [2.45, 2.75) is 31.6 Å². The first-order valence-electron chi connectivity index (χ1n) is 7.61. The van der Waals surface area contributed by atoms with Gasteiger partial charge >= 0.3 is 0 Å². The van der Waals surface area contributed by atoms with Crippen LogP contribution in [0.4, 0.5) is 0 Å². The van der Waals surface area contributed by atoms with E-state index in [1.54, 1.807) is 24.7 Å². The highest BCUT2D eigenvalue weighted by atomic mass is 32.2. The Bertz CT molecular complexity index is 780. The molecule has 0 saturated carbocycles. The molecule has 1 atom stereocenters. The average Bonchev–Trinajstić information content (AvgIpc) is 3.33. The van der Waals surface area contributed by atoms with Crippen molar-refractivity contribution in [2.24, 2.45) is 0 Å². The lowest BCUT2D eigenvalue weighted by atomic mass is 10.2. The Kier molecular flexibility index (Phi) is 5.05. The number of aromatic nitrogens is 3. The van der Waals surface area contributed by atoms with Crippen LogP contribution in [-0.2, 0) is 11.3 Å². The average molecular weight is 346 g/mol. The van der Waals surface area contributed by atoms with E-state index in [9.17, 15) is 4.79 Å². The molecular weight excluding hydrogens is 328 g/mol. The monoisotopic (exact) mass is 346 g/mol. The third kappa shape index (κ3) is 3.53. The summed E-state index contributed by atoms with van der Waals surface area (Å²) < 4.78 is 12.6. The zero-order chi connectivity index (χ0) is 16.9. The summed E-state index contributed by atoms with van der Waals surface area (Å²) in [5, 5.41) is 11.9. The SMILES string of the molecule is CCn1c(SCC(=O)N[C@H](C)c2ccco2)nnc1-c1ccco1. The molecule has 0 radical (unpaired) electrons. The molecule has 0 saturated heterocycles. The fourth-order valence-corrected chi connectivity index (χ4v) is 3.10. The quantitative estimate of drug-likeness (QED) is 0.662. The van der Waals surface area contributed by atoms with Gasteiger partial charge in [0.15, 0.2) is 16.7 Å². The predicted molar refractivity (Wildman–Crippen MR) is 89.4 cm³/mol. The summed E-state index contributed by atoms with van der Waals surface area (Å²) in [5.74, 6) is 2.21. The highest BCUT2D eigenvalue weighted by Crippen LogP contribution is 2.24.